The van der Waals surface area contributed by atoms with Gasteiger partial charge >= 0.3 is 0 Å². The minimum atomic E-state index is -0.454. The van der Waals surface area contributed by atoms with Crippen LogP contribution in [0.4, 0.5) is 11.4 Å². The number of nitro benzene ring substituents is 1. The third-order valence-electron chi connectivity index (χ3n) is 2.49. The number of hydrogen-bond donors (Lipinski definition) is 2. The highest BCUT2D eigenvalue weighted by Gasteiger charge is 2.38. The number of nitro groups is 1. The van der Waals surface area contributed by atoms with Gasteiger partial charge in [-0.25, -0.2) is 0 Å². The van der Waals surface area contributed by atoms with Crippen LogP contribution < -0.4 is 5.43 Å². The van der Waals surface area contributed by atoms with Gasteiger partial charge in [0.15, 0.2) is 4.38 Å². The number of benzene rings is 1. The van der Waals surface area contributed by atoms with Crippen LogP contribution in [-0.4, -0.2) is 24.3 Å². The maximum Gasteiger partial charge on any atom is 0.269 e. The monoisotopic (exact) mass is 312 g/mol. The molecule has 0 radical (unpaired) electrons. The van der Waals surface area contributed by atoms with E-state index in [2.05, 4.69) is 15.7 Å². The van der Waals surface area contributed by atoms with Gasteiger partial charge in [0.1, 0.15) is 5.04 Å². The van der Waals surface area contributed by atoms with Crippen molar-refractivity contribution in [3.8, 4) is 0 Å². The van der Waals surface area contributed by atoms with E-state index in [0.29, 0.717) is 10.7 Å². The van der Waals surface area contributed by atoms with Crippen molar-refractivity contribution in [2.24, 2.45) is 10.3 Å². The third kappa shape index (κ3) is 3.23. The first kappa shape index (κ1) is 14.7. The summed E-state index contributed by atoms with van der Waals surface area (Å²) in [4.78, 5) is 10.1. The van der Waals surface area contributed by atoms with Gasteiger partial charge in [0.2, 0.25) is 0 Å². The number of anilines is 1. The molecule has 0 aromatic heterocycles. The molecule has 1 aliphatic heterocycles. The van der Waals surface area contributed by atoms with Crippen molar-refractivity contribution in [1.29, 1.82) is 0 Å². The summed E-state index contributed by atoms with van der Waals surface area (Å²) in [5, 5.41) is 27.5. The maximum absolute atomic E-state index is 10.5. The van der Waals surface area contributed by atoms with Gasteiger partial charge in [-0.1, -0.05) is 16.9 Å². The Morgan fingerprint density at radius 2 is 2.00 bits per heavy atom. The zero-order chi connectivity index (χ0) is 14.8. The lowest BCUT2D eigenvalue weighted by Crippen LogP contribution is -2.19. The molecular formula is C11H12N4O3S2. The van der Waals surface area contributed by atoms with E-state index in [-0.39, 0.29) is 10.4 Å². The van der Waals surface area contributed by atoms with Gasteiger partial charge in [-0.2, -0.15) is 5.10 Å². The van der Waals surface area contributed by atoms with Crippen molar-refractivity contribution >= 4 is 44.3 Å². The van der Waals surface area contributed by atoms with Crippen molar-refractivity contribution in [1.82, 2.24) is 0 Å². The van der Waals surface area contributed by atoms with Crippen LogP contribution in [0, 0.1) is 10.1 Å². The van der Waals surface area contributed by atoms with Crippen molar-refractivity contribution in [2.45, 2.75) is 18.6 Å². The summed E-state index contributed by atoms with van der Waals surface area (Å²) in [6.45, 7) is 3.88. The molecule has 0 unspecified atom stereocenters. The lowest BCUT2D eigenvalue weighted by Gasteiger charge is -2.12. The summed E-state index contributed by atoms with van der Waals surface area (Å²) in [5.74, 6) is 0. The highest BCUT2D eigenvalue weighted by Crippen LogP contribution is 2.43. The molecule has 0 atom stereocenters. The quantitative estimate of drug-likeness (QED) is 0.504. The molecule has 7 nitrogen and oxygen atoms in total. The number of hydrogen-bond acceptors (Lipinski definition) is 8. The van der Waals surface area contributed by atoms with E-state index in [4.69, 9.17) is 5.21 Å². The molecule has 1 heterocycles. The zero-order valence-corrected chi connectivity index (χ0v) is 12.4. The smallest absolute Gasteiger partial charge is 0.269 e. The van der Waals surface area contributed by atoms with E-state index in [1.54, 1.807) is 12.1 Å². The lowest BCUT2D eigenvalue weighted by atomic mass is 10.2. The molecule has 9 heteroatoms. The molecule has 1 saturated heterocycles. The molecule has 0 bridgehead atoms. The van der Waals surface area contributed by atoms with Crippen LogP contribution in [0.5, 0.6) is 0 Å². The van der Waals surface area contributed by atoms with E-state index < -0.39 is 4.92 Å². The molecule has 2 rings (SSSR count). The lowest BCUT2D eigenvalue weighted by molar-refractivity contribution is -0.384. The average molecular weight is 312 g/mol. The minimum Gasteiger partial charge on any atom is -0.410 e. The highest BCUT2D eigenvalue weighted by molar-refractivity contribution is 8.50. The van der Waals surface area contributed by atoms with E-state index in [0.717, 1.165) is 4.38 Å². The van der Waals surface area contributed by atoms with E-state index >= 15 is 0 Å². The zero-order valence-electron chi connectivity index (χ0n) is 10.7. The van der Waals surface area contributed by atoms with Crippen molar-refractivity contribution in [3.63, 3.8) is 0 Å². The standard InChI is InChI=1S/C11H12N4O3S2/c1-11(2)9(14-16)19-10(20-11)13-12-7-3-5-8(6-4-7)15(17)18/h3-6,12,16H,1-2H3/b13-10-,14-9-. The molecule has 0 aliphatic carbocycles. The summed E-state index contributed by atoms with van der Waals surface area (Å²) in [7, 11) is 0. The minimum absolute atomic E-state index is 0.0312. The Labute approximate surface area is 123 Å². The fourth-order valence-corrected chi connectivity index (χ4v) is 3.92. The number of thioether (sulfide) groups is 2. The molecule has 1 fully saturated rings. The van der Waals surface area contributed by atoms with Crippen LogP contribution in [-0.2, 0) is 0 Å². The van der Waals surface area contributed by atoms with Crippen LogP contribution in [0.2, 0.25) is 0 Å². The summed E-state index contributed by atoms with van der Waals surface area (Å²) in [5.41, 5.74) is 3.50. The Morgan fingerprint density at radius 1 is 1.35 bits per heavy atom. The summed E-state index contributed by atoms with van der Waals surface area (Å²) in [6, 6.07) is 5.97. The Morgan fingerprint density at radius 3 is 2.50 bits per heavy atom. The fourth-order valence-electron chi connectivity index (χ4n) is 1.44. The first-order valence-electron chi connectivity index (χ1n) is 5.60. The number of nitrogens with zero attached hydrogens (tertiary/aromatic N) is 3. The molecule has 2 N–H and O–H groups in total. The van der Waals surface area contributed by atoms with Crippen LogP contribution in [0.1, 0.15) is 13.8 Å². The van der Waals surface area contributed by atoms with Gasteiger partial charge in [-0.15, -0.1) is 0 Å². The van der Waals surface area contributed by atoms with Gasteiger partial charge in [0, 0.05) is 12.1 Å². The molecule has 20 heavy (non-hydrogen) atoms. The largest absolute Gasteiger partial charge is 0.410 e. The third-order valence-corrected chi connectivity index (χ3v) is 5.14. The molecule has 0 amide bonds. The van der Waals surface area contributed by atoms with Crippen molar-refractivity contribution in [3.05, 3.63) is 34.4 Å². The topological polar surface area (TPSA) is 100 Å². The Bertz CT molecular complexity index is 584. The van der Waals surface area contributed by atoms with Crippen molar-refractivity contribution in [2.75, 3.05) is 5.43 Å². The molecule has 106 valence electrons. The number of oxime groups is 1. The van der Waals surface area contributed by atoms with Gasteiger partial charge in [0.05, 0.1) is 15.4 Å². The average Bonchev–Trinajstić information content (AvgIpc) is 2.71. The summed E-state index contributed by atoms with van der Waals surface area (Å²) >= 11 is 2.77. The van der Waals surface area contributed by atoms with Gasteiger partial charge in [-0.3, -0.25) is 15.5 Å². The molecule has 0 saturated carbocycles. The predicted octanol–water partition coefficient (Wildman–Crippen LogP) is 3.32. The van der Waals surface area contributed by atoms with Crippen molar-refractivity contribution < 1.29 is 10.1 Å². The molecule has 1 aromatic rings. The van der Waals surface area contributed by atoms with E-state index in [9.17, 15) is 10.1 Å². The fraction of sp³-hybridized carbons (Fsp3) is 0.273. The second-order valence-corrected chi connectivity index (χ2v) is 7.26. The Balaban J connectivity index is 2.05. The molecular weight excluding hydrogens is 300 g/mol. The SMILES string of the molecule is CC1(C)S/C(=N\Nc2ccc([N+](=O)[O-])cc2)S/C1=N\O. The molecule has 0 spiro atoms. The van der Waals surface area contributed by atoms with Crippen LogP contribution in [0.15, 0.2) is 34.5 Å². The van der Waals surface area contributed by atoms with E-state index in [1.165, 1.54) is 35.7 Å². The Kier molecular flexibility index (Phi) is 4.19. The number of nitrogens with one attached hydrogen (secondary N) is 1. The first-order valence-corrected chi connectivity index (χ1v) is 7.23. The van der Waals surface area contributed by atoms with Gasteiger partial charge < -0.3 is 5.21 Å². The highest BCUT2D eigenvalue weighted by atomic mass is 32.2. The summed E-state index contributed by atoms with van der Waals surface area (Å²) in [6.07, 6.45) is 0. The first-order chi connectivity index (χ1) is 9.42. The molecule has 1 aromatic carbocycles. The Hall–Kier alpha value is -1.74. The summed E-state index contributed by atoms with van der Waals surface area (Å²) < 4.78 is 0.413. The van der Waals surface area contributed by atoms with Gasteiger partial charge in [-0.05, 0) is 37.7 Å². The van der Waals surface area contributed by atoms with Crippen LogP contribution >= 0.6 is 23.5 Å². The predicted molar refractivity (Wildman–Crippen MR) is 82.6 cm³/mol. The van der Waals surface area contributed by atoms with Crippen LogP contribution in [0.25, 0.3) is 0 Å². The maximum atomic E-state index is 10.5. The second-order valence-electron chi connectivity index (χ2n) is 4.41. The van der Waals surface area contributed by atoms with Crippen LogP contribution in [0.3, 0.4) is 0 Å². The normalized spacial score (nSPS) is 21.3. The van der Waals surface area contributed by atoms with E-state index in [1.807, 2.05) is 13.8 Å². The number of hydrazone groups is 1. The number of rotatable bonds is 3. The second kappa shape index (κ2) is 5.71. The molecule has 1 aliphatic rings. The van der Waals surface area contributed by atoms with Gasteiger partial charge in [0.25, 0.3) is 5.69 Å². The number of non-ortho nitro benzene ring substituents is 1.